The normalized spacial score (nSPS) is 11.0. The Morgan fingerprint density at radius 3 is 2.42 bits per heavy atom. The van der Waals surface area contributed by atoms with Crippen molar-refractivity contribution >= 4 is 10.9 Å². The number of rotatable bonds is 3. The predicted octanol–water partition coefficient (Wildman–Crippen LogP) is 3.79. The third kappa shape index (κ3) is 2.86. The second kappa shape index (κ2) is 6.48. The largest absolute Gasteiger partial charge is 0.294 e. The molecule has 0 saturated heterocycles. The minimum Gasteiger partial charge on any atom is -0.294 e. The molecular weight excluding hydrogens is 336 g/mol. The number of halogens is 2. The van der Waals surface area contributed by atoms with Crippen molar-refractivity contribution < 1.29 is 8.78 Å². The number of hydrogen-bond acceptors (Lipinski definition) is 3. The van der Waals surface area contributed by atoms with E-state index in [9.17, 15) is 13.6 Å². The van der Waals surface area contributed by atoms with Crippen LogP contribution in [0.25, 0.3) is 22.0 Å². The molecule has 0 unspecified atom stereocenters. The Kier molecular flexibility index (Phi) is 4.01. The van der Waals surface area contributed by atoms with Gasteiger partial charge in [-0.3, -0.25) is 14.3 Å². The zero-order valence-corrected chi connectivity index (χ0v) is 13.6. The van der Waals surface area contributed by atoms with Crippen LogP contribution in [0.3, 0.4) is 0 Å². The summed E-state index contributed by atoms with van der Waals surface area (Å²) in [5.41, 5.74) is 1.05. The van der Waals surface area contributed by atoms with Gasteiger partial charge in [-0.05, 0) is 29.3 Å². The van der Waals surface area contributed by atoms with Crippen LogP contribution in [0.5, 0.6) is 0 Å². The molecule has 4 rings (SSSR count). The van der Waals surface area contributed by atoms with E-state index in [1.54, 1.807) is 24.3 Å². The second-order valence-corrected chi connectivity index (χ2v) is 5.85. The zero-order chi connectivity index (χ0) is 18.1. The molecular formula is C20H13F2N3O. The summed E-state index contributed by atoms with van der Waals surface area (Å²) in [5.74, 6) is -1.41. The lowest BCUT2D eigenvalue weighted by Crippen LogP contribution is -2.22. The molecule has 0 atom stereocenters. The van der Waals surface area contributed by atoms with Gasteiger partial charge in [0, 0.05) is 11.8 Å². The highest BCUT2D eigenvalue weighted by Gasteiger charge is 2.14. The van der Waals surface area contributed by atoms with Crippen LogP contribution in [-0.4, -0.2) is 14.5 Å². The molecule has 4 aromatic rings. The molecule has 0 saturated carbocycles. The van der Waals surface area contributed by atoms with E-state index in [1.807, 2.05) is 6.07 Å². The summed E-state index contributed by atoms with van der Waals surface area (Å²) >= 11 is 0. The maximum Gasteiger partial charge on any atom is 0.261 e. The van der Waals surface area contributed by atoms with Gasteiger partial charge in [-0.15, -0.1) is 0 Å². The highest BCUT2D eigenvalue weighted by Crippen LogP contribution is 2.24. The van der Waals surface area contributed by atoms with E-state index in [0.29, 0.717) is 22.0 Å². The fraction of sp³-hybridized carbons (Fsp3) is 0.0500. The van der Waals surface area contributed by atoms with Crippen molar-refractivity contribution in [3.63, 3.8) is 0 Å². The Labute approximate surface area is 147 Å². The molecule has 2 aromatic carbocycles. The number of nitrogens with zero attached hydrogens (tertiary/aromatic N) is 3. The van der Waals surface area contributed by atoms with Gasteiger partial charge in [0.25, 0.3) is 5.56 Å². The molecule has 0 spiro atoms. The van der Waals surface area contributed by atoms with Crippen molar-refractivity contribution in [3.8, 4) is 11.1 Å². The molecule has 0 aliphatic rings. The molecule has 4 nitrogen and oxygen atoms in total. The van der Waals surface area contributed by atoms with E-state index in [0.717, 1.165) is 0 Å². The molecule has 6 heteroatoms. The zero-order valence-electron chi connectivity index (χ0n) is 13.6. The summed E-state index contributed by atoms with van der Waals surface area (Å²) in [6.07, 6.45) is 4.22. The van der Waals surface area contributed by atoms with Crippen LogP contribution in [0, 0.1) is 11.6 Å². The molecule has 0 radical (unpaired) electrons. The standard InChI is InChI=1S/C20H13F2N3O/c21-17-8-14(13-4-2-1-3-5-13)9-18(22)16(17)11-25-12-24-19-10-23-7-6-15(19)20(25)26/h1-10,12H,11H2. The van der Waals surface area contributed by atoms with Gasteiger partial charge in [-0.25, -0.2) is 13.8 Å². The van der Waals surface area contributed by atoms with Crippen LogP contribution >= 0.6 is 0 Å². The van der Waals surface area contributed by atoms with Gasteiger partial charge in [0.1, 0.15) is 11.6 Å². The van der Waals surface area contributed by atoms with E-state index in [-0.39, 0.29) is 17.7 Å². The van der Waals surface area contributed by atoms with Crippen molar-refractivity contribution in [2.24, 2.45) is 0 Å². The molecule has 0 fully saturated rings. The number of benzene rings is 2. The SMILES string of the molecule is O=c1c2ccncc2ncn1Cc1c(F)cc(-c2ccccc2)cc1F. The summed E-state index contributed by atoms with van der Waals surface area (Å²) in [5, 5.41) is 0.351. The first-order chi connectivity index (χ1) is 12.6. The highest BCUT2D eigenvalue weighted by atomic mass is 19.1. The van der Waals surface area contributed by atoms with Crippen LogP contribution in [0.2, 0.25) is 0 Å². The van der Waals surface area contributed by atoms with E-state index in [4.69, 9.17) is 0 Å². The Morgan fingerprint density at radius 1 is 0.962 bits per heavy atom. The molecule has 2 aromatic heterocycles. The molecule has 0 aliphatic heterocycles. The molecule has 128 valence electrons. The second-order valence-electron chi connectivity index (χ2n) is 5.85. The van der Waals surface area contributed by atoms with Crippen molar-refractivity contribution in [3.05, 3.63) is 94.8 Å². The topological polar surface area (TPSA) is 47.8 Å². The van der Waals surface area contributed by atoms with Crippen LogP contribution < -0.4 is 5.56 Å². The Morgan fingerprint density at radius 2 is 1.69 bits per heavy atom. The average molecular weight is 349 g/mol. The van der Waals surface area contributed by atoms with Crippen molar-refractivity contribution in [2.45, 2.75) is 6.54 Å². The number of pyridine rings is 1. The summed E-state index contributed by atoms with van der Waals surface area (Å²) < 4.78 is 30.3. The lowest BCUT2D eigenvalue weighted by molar-refractivity contribution is 0.541. The fourth-order valence-corrected chi connectivity index (χ4v) is 2.84. The minimum atomic E-state index is -0.703. The summed E-state index contributed by atoms with van der Waals surface area (Å²) in [6.45, 7) is -0.239. The van der Waals surface area contributed by atoms with Gasteiger partial charge < -0.3 is 0 Å². The highest BCUT2D eigenvalue weighted by molar-refractivity contribution is 5.75. The molecule has 2 heterocycles. The van der Waals surface area contributed by atoms with Crippen LogP contribution in [0.15, 0.2) is 72.0 Å². The monoisotopic (exact) mass is 349 g/mol. The molecule has 0 amide bonds. The van der Waals surface area contributed by atoms with E-state index in [1.165, 1.54) is 41.5 Å². The number of fused-ring (bicyclic) bond motifs is 1. The fourth-order valence-electron chi connectivity index (χ4n) is 2.84. The minimum absolute atomic E-state index is 0.179. The van der Waals surface area contributed by atoms with Gasteiger partial charge in [0.2, 0.25) is 0 Å². The predicted molar refractivity (Wildman–Crippen MR) is 94.7 cm³/mol. The van der Waals surface area contributed by atoms with Crippen molar-refractivity contribution in [2.75, 3.05) is 0 Å². The number of aromatic nitrogens is 3. The van der Waals surface area contributed by atoms with E-state index >= 15 is 0 Å². The summed E-state index contributed by atoms with van der Waals surface area (Å²) in [6, 6.07) is 13.1. The number of hydrogen-bond donors (Lipinski definition) is 0. The first kappa shape index (κ1) is 16.1. The summed E-state index contributed by atoms with van der Waals surface area (Å²) in [4.78, 5) is 20.5. The van der Waals surface area contributed by atoms with Gasteiger partial charge in [-0.1, -0.05) is 30.3 Å². The molecule has 0 bridgehead atoms. The quantitative estimate of drug-likeness (QED) is 0.565. The van der Waals surface area contributed by atoms with Gasteiger partial charge in [0.15, 0.2) is 0 Å². The van der Waals surface area contributed by atoms with E-state index in [2.05, 4.69) is 9.97 Å². The maximum atomic E-state index is 14.5. The molecule has 26 heavy (non-hydrogen) atoms. The van der Waals surface area contributed by atoms with Crippen LogP contribution in [0.1, 0.15) is 5.56 Å². The third-order valence-corrected chi connectivity index (χ3v) is 4.20. The summed E-state index contributed by atoms with van der Waals surface area (Å²) in [7, 11) is 0. The Balaban J connectivity index is 1.76. The maximum absolute atomic E-state index is 14.5. The van der Waals surface area contributed by atoms with Gasteiger partial charge in [0.05, 0.1) is 30.0 Å². The smallest absolute Gasteiger partial charge is 0.261 e. The Hall–Kier alpha value is -3.41. The van der Waals surface area contributed by atoms with Gasteiger partial charge >= 0.3 is 0 Å². The first-order valence-electron chi connectivity index (χ1n) is 7.96. The first-order valence-corrected chi connectivity index (χ1v) is 7.96. The third-order valence-electron chi connectivity index (χ3n) is 4.20. The molecule has 0 N–H and O–H groups in total. The lowest BCUT2D eigenvalue weighted by atomic mass is 10.0. The Bertz CT molecular complexity index is 1130. The molecule has 0 aliphatic carbocycles. The average Bonchev–Trinajstić information content (AvgIpc) is 2.67. The van der Waals surface area contributed by atoms with Crippen molar-refractivity contribution in [1.82, 2.24) is 14.5 Å². The van der Waals surface area contributed by atoms with E-state index < -0.39 is 11.6 Å². The lowest BCUT2D eigenvalue weighted by Gasteiger charge is -2.11. The van der Waals surface area contributed by atoms with Crippen molar-refractivity contribution in [1.29, 1.82) is 0 Å². The van der Waals surface area contributed by atoms with Gasteiger partial charge in [-0.2, -0.15) is 0 Å². The van der Waals surface area contributed by atoms with Crippen LogP contribution in [0.4, 0.5) is 8.78 Å². The van der Waals surface area contributed by atoms with Crippen LogP contribution in [-0.2, 0) is 6.54 Å².